The second-order valence-corrected chi connectivity index (χ2v) is 3.90. The van der Waals surface area contributed by atoms with E-state index in [2.05, 4.69) is 53.8 Å². The highest BCUT2D eigenvalue weighted by Gasteiger charge is 2.17. The maximum absolute atomic E-state index is 2.10. The van der Waals surface area contributed by atoms with Gasteiger partial charge in [-0.05, 0) is 24.3 Å². The second kappa shape index (κ2) is 4.38. The molecule has 0 spiro atoms. The quantitative estimate of drug-likeness (QED) is 0.716. The largest absolute Gasteiger partial charge is 0.400 e. The fourth-order valence-corrected chi connectivity index (χ4v) is 1.86. The van der Waals surface area contributed by atoms with Crippen LogP contribution in [0.25, 0.3) is 0 Å². The number of benzene rings is 2. The van der Waals surface area contributed by atoms with E-state index in [1.54, 1.807) is 0 Å². The van der Waals surface area contributed by atoms with Crippen molar-refractivity contribution in [2.45, 2.75) is 0 Å². The lowest BCUT2D eigenvalue weighted by atomic mass is 10.0. The molecule has 1 heterocycles. The second-order valence-electron chi connectivity index (χ2n) is 3.90. The summed E-state index contributed by atoms with van der Waals surface area (Å²) in [4.78, 5) is 4.21. The monoisotopic (exact) mass is 219 g/mol. The first-order valence-corrected chi connectivity index (χ1v) is 5.63. The average molecular weight is 219 g/mol. The van der Waals surface area contributed by atoms with Gasteiger partial charge in [0, 0.05) is 23.8 Å². The summed E-state index contributed by atoms with van der Waals surface area (Å²) >= 11 is 0. The molecule has 2 aromatic carbocycles. The summed E-state index contributed by atoms with van der Waals surface area (Å²) in [5.41, 5.74) is 2.34. The number of rotatable bonds is 2. The van der Waals surface area contributed by atoms with Crippen LogP contribution in [-0.2, 0) is 0 Å². The van der Waals surface area contributed by atoms with E-state index in [9.17, 15) is 0 Å². The molecule has 0 aliphatic carbocycles. The van der Waals surface area contributed by atoms with Gasteiger partial charge in [0.25, 0.3) is 0 Å². The fourth-order valence-electron chi connectivity index (χ4n) is 1.86. The zero-order valence-electron chi connectivity index (χ0n) is 9.40. The molecule has 2 nitrogen and oxygen atoms in total. The molecular formula is C14H12BN2. The molecule has 0 unspecified atom stereocenters. The van der Waals surface area contributed by atoms with Crippen LogP contribution in [0.5, 0.6) is 0 Å². The number of hydrogen-bond acceptors (Lipinski definition) is 2. The summed E-state index contributed by atoms with van der Waals surface area (Å²) in [5, 5.41) is 0. The summed E-state index contributed by atoms with van der Waals surface area (Å²) in [7, 11) is 2.07. The minimum absolute atomic E-state index is 1.17. The number of nitrogens with zero attached hydrogens (tertiary/aromatic N) is 2. The normalized spacial score (nSPS) is 13.9. The van der Waals surface area contributed by atoms with E-state index in [0.717, 1.165) is 0 Å². The third kappa shape index (κ3) is 2.04. The van der Waals surface area contributed by atoms with Crippen molar-refractivity contribution in [2.75, 3.05) is 9.62 Å². The van der Waals surface area contributed by atoms with Crippen molar-refractivity contribution < 1.29 is 0 Å². The van der Waals surface area contributed by atoms with Gasteiger partial charge in [-0.3, -0.25) is 0 Å². The standard InChI is InChI=1S/C14H12BN2/c1-3-7-13(8-4-1)16-11-12-17(15-16)14-9-5-2-6-10-14/h1-12H. The summed E-state index contributed by atoms with van der Waals surface area (Å²) in [6.07, 6.45) is 4.12. The van der Waals surface area contributed by atoms with E-state index >= 15 is 0 Å². The highest BCUT2D eigenvalue weighted by Crippen LogP contribution is 2.21. The minimum Gasteiger partial charge on any atom is -0.374 e. The predicted molar refractivity (Wildman–Crippen MR) is 72.7 cm³/mol. The molecule has 0 bridgehead atoms. The van der Waals surface area contributed by atoms with E-state index in [-0.39, 0.29) is 0 Å². The lowest BCUT2D eigenvalue weighted by Gasteiger charge is -2.19. The molecule has 0 saturated heterocycles. The van der Waals surface area contributed by atoms with Crippen molar-refractivity contribution in [1.82, 2.24) is 0 Å². The zero-order chi connectivity index (χ0) is 11.5. The first-order valence-electron chi connectivity index (χ1n) is 5.63. The highest BCUT2D eigenvalue weighted by atomic mass is 15.2. The molecular weight excluding hydrogens is 207 g/mol. The average Bonchev–Trinajstić information content (AvgIpc) is 2.90. The molecule has 0 aromatic heterocycles. The van der Waals surface area contributed by atoms with Crippen molar-refractivity contribution in [1.29, 1.82) is 0 Å². The molecule has 0 fully saturated rings. The van der Waals surface area contributed by atoms with E-state index in [0.29, 0.717) is 0 Å². The van der Waals surface area contributed by atoms with Crippen LogP contribution in [0.3, 0.4) is 0 Å². The summed E-state index contributed by atoms with van der Waals surface area (Å²) in [6, 6.07) is 20.6. The molecule has 2 aromatic rings. The van der Waals surface area contributed by atoms with Gasteiger partial charge in [-0.15, -0.1) is 0 Å². The van der Waals surface area contributed by atoms with E-state index in [4.69, 9.17) is 0 Å². The Bertz CT molecular complexity index is 463. The van der Waals surface area contributed by atoms with Crippen molar-refractivity contribution in [3.05, 3.63) is 73.1 Å². The van der Waals surface area contributed by atoms with Gasteiger partial charge in [-0.25, -0.2) is 0 Å². The molecule has 0 saturated carbocycles. The van der Waals surface area contributed by atoms with Crippen LogP contribution >= 0.6 is 0 Å². The molecule has 1 radical (unpaired) electrons. The Morgan fingerprint density at radius 3 is 1.41 bits per heavy atom. The first-order chi connectivity index (χ1) is 8.43. The van der Waals surface area contributed by atoms with Crippen LogP contribution in [0.1, 0.15) is 0 Å². The van der Waals surface area contributed by atoms with Crippen molar-refractivity contribution in [3.63, 3.8) is 0 Å². The van der Waals surface area contributed by atoms with Gasteiger partial charge in [-0.2, -0.15) is 0 Å². The van der Waals surface area contributed by atoms with Crippen LogP contribution in [0, 0.1) is 0 Å². The summed E-state index contributed by atoms with van der Waals surface area (Å²) < 4.78 is 0. The van der Waals surface area contributed by atoms with Crippen molar-refractivity contribution >= 4 is 18.9 Å². The van der Waals surface area contributed by atoms with Crippen LogP contribution in [0.4, 0.5) is 11.4 Å². The Hall–Kier alpha value is -2.16. The summed E-state index contributed by atoms with van der Waals surface area (Å²) in [6.45, 7) is 0. The molecule has 3 heteroatoms. The smallest absolute Gasteiger partial charge is 0.374 e. The van der Waals surface area contributed by atoms with Gasteiger partial charge >= 0.3 is 7.55 Å². The van der Waals surface area contributed by atoms with E-state index < -0.39 is 0 Å². The van der Waals surface area contributed by atoms with Crippen LogP contribution in [-0.4, -0.2) is 7.55 Å². The van der Waals surface area contributed by atoms with Crippen LogP contribution in [0.2, 0.25) is 0 Å². The maximum Gasteiger partial charge on any atom is 0.400 e. The lowest BCUT2D eigenvalue weighted by molar-refractivity contribution is 1.42. The minimum atomic E-state index is 1.17. The Morgan fingerprint density at radius 2 is 1.00 bits per heavy atom. The van der Waals surface area contributed by atoms with Crippen molar-refractivity contribution in [2.24, 2.45) is 0 Å². The van der Waals surface area contributed by atoms with Gasteiger partial charge in [0.05, 0.1) is 0 Å². The Balaban J connectivity index is 1.78. The molecule has 1 aliphatic heterocycles. The molecule has 81 valence electrons. The molecule has 0 atom stereocenters. The first kappa shape index (κ1) is 10.0. The number of hydrogen-bond donors (Lipinski definition) is 0. The van der Waals surface area contributed by atoms with E-state index in [1.807, 2.05) is 36.4 Å². The SMILES string of the molecule is [B]1N(c2ccccc2)C=CN1c1ccccc1. The Labute approximate surface area is 102 Å². The van der Waals surface area contributed by atoms with Crippen molar-refractivity contribution in [3.8, 4) is 0 Å². The van der Waals surface area contributed by atoms with Gasteiger partial charge in [-0.1, -0.05) is 36.4 Å². The zero-order valence-corrected chi connectivity index (χ0v) is 9.40. The molecule has 1 aliphatic rings. The Morgan fingerprint density at radius 1 is 0.588 bits per heavy atom. The van der Waals surface area contributed by atoms with Gasteiger partial charge in [0.2, 0.25) is 0 Å². The maximum atomic E-state index is 2.10. The number of para-hydroxylation sites is 2. The lowest BCUT2D eigenvalue weighted by Crippen LogP contribution is -2.29. The van der Waals surface area contributed by atoms with Crippen LogP contribution in [0.15, 0.2) is 73.1 Å². The Kier molecular flexibility index (Phi) is 2.58. The third-order valence-electron chi connectivity index (χ3n) is 2.75. The van der Waals surface area contributed by atoms with Crippen LogP contribution < -0.4 is 9.62 Å². The molecule has 3 rings (SSSR count). The summed E-state index contributed by atoms with van der Waals surface area (Å²) in [5.74, 6) is 0. The molecule has 17 heavy (non-hydrogen) atoms. The topological polar surface area (TPSA) is 6.48 Å². The molecule has 0 N–H and O–H groups in total. The third-order valence-corrected chi connectivity index (χ3v) is 2.75. The van der Waals surface area contributed by atoms with Gasteiger partial charge < -0.3 is 9.62 Å². The molecule has 0 amide bonds. The highest BCUT2D eigenvalue weighted by molar-refractivity contribution is 6.49. The fraction of sp³-hybridized carbons (Fsp3) is 0. The van der Waals surface area contributed by atoms with E-state index in [1.165, 1.54) is 11.4 Å². The van der Waals surface area contributed by atoms with Gasteiger partial charge in [0.1, 0.15) is 0 Å². The predicted octanol–water partition coefficient (Wildman–Crippen LogP) is 3.02. The number of anilines is 2. The van der Waals surface area contributed by atoms with Gasteiger partial charge in [0.15, 0.2) is 0 Å².